The molecule has 1 fully saturated rings. The van der Waals surface area contributed by atoms with E-state index in [9.17, 15) is 8.78 Å². The fourth-order valence-electron chi connectivity index (χ4n) is 4.35. The van der Waals surface area contributed by atoms with E-state index in [-0.39, 0.29) is 18.5 Å². The van der Waals surface area contributed by atoms with Crippen molar-refractivity contribution in [3.63, 3.8) is 0 Å². The predicted molar refractivity (Wildman–Crippen MR) is 137 cm³/mol. The van der Waals surface area contributed by atoms with Crippen LogP contribution in [0.15, 0.2) is 48.8 Å². The SMILES string of the molecule is CC(C)c1cc(-c2cc(NCc3ccc(F)cc3F)nc(OCCN3CCOCC3)n2)c2ncccn12. The van der Waals surface area contributed by atoms with Crippen LogP contribution in [0, 0.1) is 11.6 Å². The Morgan fingerprint density at radius 3 is 2.73 bits per heavy atom. The maximum Gasteiger partial charge on any atom is 0.318 e. The van der Waals surface area contributed by atoms with E-state index in [0.717, 1.165) is 42.6 Å². The van der Waals surface area contributed by atoms with Gasteiger partial charge in [0.1, 0.15) is 29.7 Å². The molecule has 4 heterocycles. The van der Waals surface area contributed by atoms with E-state index >= 15 is 0 Å². The van der Waals surface area contributed by atoms with Gasteiger partial charge in [0.2, 0.25) is 0 Å². The molecule has 3 aromatic heterocycles. The van der Waals surface area contributed by atoms with Crippen molar-refractivity contribution >= 4 is 11.5 Å². The zero-order valence-electron chi connectivity index (χ0n) is 21.0. The normalized spacial score (nSPS) is 14.4. The molecule has 0 bridgehead atoms. The summed E-state index contributed by atoms with van der Waals surface area (Å²) in [5.41, 5.74) is 3.70. The Bertz CT molecular complexity index is 1370. The lowest BCUT2D eigenvalue weighted by Gasteiger charge is -2.26. The standard InChI is InChI=1S/C27H30F2N6O2/c1-18(2)24-15-21(26-30-6-3-7-35(24)26)23-16-25(31-17-19-4-5-20(28)14-22(19)29)33-27(32-23)37-13-10-34-8-11-36-12-9-34/h3-7,14-16,18H,8-13,17H2,1-2H3,(H,31,32,33). The van der Waals surface area contributed by atoms with Crippen LogP contribution in [0.5, 0.6) is 6.01 Å². The third-order valence-corrected chi connectivity index (χ3v) is 6.35. The van der Waals surface area contributed by atoms with Crippen LogP contribution in [0.3, 0.4) is 0 Å². The van der Waals surface area contributed by atoms with Crippen LogP contribution in [0.25, 0.3) is 16.9 Å². The number of fused-ring (bicyclic) bond motifs is 1. The van der Waals surface area contributed by atoms with Crippen LogP contribution in [-0.4, -0.2) is 63.7 Å². The van der Waals surface area contributed by atoms with E-state index in [4.69, 9.17) is 14.5 Å². The molecule has 0 saturated carbocycles. The Hall–Kier alpha value is -3.63. The van der Waals surface area contributed by atoms with Crippen LogP contribution >= 0.6 is 0 Å². The van der Waals surface area contributed by atoms with Crippen molar-refractivity contribution in [2.75, 3.05) is 44.8 Å². The molecule has 10 heteroatoms. The van der Waals surface area contributed by atoms with Crippen molar-refractivity contribution in [1.82, 2.24) is 24.3 Å². The molecule has 0 aliphatic carbocycles. The van der Waals surface area contributed by atoms with E-state index in [1.165, 1.54) is 12.1 Å². The highest BCUT2D eigenvalue weighted by Gasteiger charge is 2.18. The Kier molecular flexibility index (Phi) is 7.57. The first kappa shape index (κ1) is 25.0. The van der Waals surface area contributed by atoms with Gasteiger partial charge in [-0.3, -0.25) is 4.90 Å². The van der Waals surface area contributed by atoms with Crippen molar-refractivity contribution in [3.8, 4) is 17.3 Å². The van der Waals surface area contributed by atoms with Crippen LogP contribution in [0.2, 0.25) is 0 Å². The average Bonchev–Trinajstić information content (AvgIpc) is 3.29. The second kappa shape index (κ2) is 11.2. The lowest BCUT2D eigenvalue weighted by atomic mass is 10.1. The second-order valence-electron chi connectivity index (χ2n) is 9.26. The molecule has 0 amide bonds. The lowest BCUT2D eigenvalue weighted by Crippen LogP contribution is -2.38. The first-order chi connectivity index (χ1) is 18.0. The summed E-state index contributed by atoms with van der Waals surface area (Å²) >= 11 is 0. The van der Waals surface area contributed by atoms with Crippen molar-refractivity contribution in [2.24, 2.45) is 0 Å². The molecule has 194 valence electrons. The van der Waals surface area contributed by atoms with Gasteiger partial charge < -0.3 is 19.2 Å². The zero-order valence-corrected chi connectivity index (χ0v) is 21.0. The quantitative estimate of drug-likeness (QED) is 0.356. The zero-order chi connectivity index (χ0) is 25.8. The van der Waals surface area contributed by atoms with Crippen LogP contribution in [0.1, 0.15) is 31.0 Å². The van der Waals surface area contributed by atoms with Gasteiger partial charge in [0.25, 0.3) is 0 Å². The fraction of sp³-hybridized carbons (Fsp3) is 0.370. The van der Waals surface area contributed by atoms with E-state index < -0.39 is 11.6 Å². The van der Waals surface area contributed by atoms with Gasteiger partial charge in [-0.25, -0.2) is 13.8 Å². The van der Waals surface area contributed by atoms with E-state index in [1.54, 1.807) is 12.3 Å². The first-order valence-electron chi connectivity index (χ1n) is 12.4. The summed E-state index contributed by atoms with van der Waals surface area (Å²) in [6, 6.07) is 9.51. The number of halogens is 2. The van der Waals surface area contributed by atoms with Gasteiger partial charge in [0.15, 0.2) is 0 Å². The molecule has 37 heavy (non-hydrogen) atoms. The first-order valence-corrected chi connectivity index (χ1v) is 12.4. The van der Waals surface area contributed by atoms with Gasteiger partial charge in [0.05, 0.1) is 18.9 Å². The van der Waals surface area contributed by atoms with Gasteiger partial charge >= 0.3 is 6.01 Å². The third-order valence-electron chi connectivity index (χ3n) is 6.35. The predicted octanol–water partition coefficient (Wildman–Crippen LogP) is 4.52. The molecule has 4 aromatic rings. The van der Waals surface area contributed by atoms with Crippen LogP contribution < -0.4 is 10.1 Å². The number of hydrogen-bond acceptors (Lipinski definition) is 7. The number of hydrogen-bond donors (Lipinski definition) is 1. The summed E-state index contributed by atoms with van der Waals surface area (Å²) in [6.07, 6.45) is 3.74. The Balaban J connectivity index is 1.44. The van der Waals surface area contributed by atoms with Gasteiger partial charge in [-0.15, -0.1) is 0 Å². The molecule has 5 rings (SSSR count). The number of anilines is 1. The van der Waals surface area contributed by atoms with Crippen molar-refractivity contribution < 1.29 is 18.3 Å². The molecule has 1 aliphatic rings. The Labute approximate surface area is 214 Å². The molecule has 0 atom stereocenters. The van der Waals surface area contributed by atoms with Crippen molar-refractivity contribution in [2.45, 2.75) is 26.3 Å². The summed E-state index contributed by atoms with van der Waals surface area (Å²) < 4.78 is 41.0. The number of morpholine rings is 1. The largest absolute Gasteiger partial charge is 0.462 e. The van der Waals surface area contributed by atoms with Crippen LogP contribution in [0.4, 0.5) is 14.6 Å². The van der Waals surface area contributed by atoms with Gasteiger partial charge in [0, 0.05) is 67.5 Å². The molecule has 0 unspecified atom stereocenters. The Morgan fingerprint density at radius 1 is 1.11 bits per heavy atom. The second-order valence-corrected chi connectivity index (χ2v) is 9.26. The summed E-state index contributed by atoms with van der Waals surface area (Å²) in [5, 5.41) is 3.14. The summed E-state index contributed by atoms with van der Waals surface area (Å²) in [7, 11) is 0. The average molecular weight is 509 g/mol. The number of ether oxygens (including phenoxy) is 2. The number of nitrogens with zero attached hydrogens (tertiary/aromatic N) is 5. The highest BCUT2D eigenvalue weighted by atomic mass is 19.1. The smallest absolute Gasteiger partial charge is 0.318 e. The van der Waals surface area contributed by atoms with E-state index in [0.29, 0.717) is 36.9 Å². The monoisotopic (exact) mass is 508 g/mol. The minimum Gasteiger partial charge on any atom is -0.462 e. The van der Waals surface area contributed by atoms with E-state index in [1.807, 2.05) is 12.3 Å². The summed E-state index contributed by atoms with van der Waals surface area (Å²) in [6.45, 7) is 8.69. The highest BCUT2D eigenvalue weighted by Crippen LogP contribution is 2.31. The van der Waals surface area contributed by atoms with Gasteiger partial charge in [-0.1, -0.05) is 19.9 Å². The summed E-state index contributed by atoms with van der Waals surface area (Å²) in [4.78, 5) is 16.1. The molecule has 1 aliphatic heterocycles. The Morgan fingerprint density at radius 2 is 1.95 bits per heavy atom. The number of nitrogens with one attached hydrogen (secondary N) is 1. The lowest BCUT2D eigenvalue weighted by molar-refractivity contribution is 0.0317. The van der Waals surface area contributed by atoms with Gasteiger partial charge in [-0.2, -0.15) is 9.97 Å². The number of rotatable bonds is 9. The number of benzene rings is 1. The van der Waals surface area contributed by atoms with E-state index in [2.05, 4.69) is 44.5 Å². The minimum atomic E-state index is -0.618. The fourth-order valence-corrected chi connectivity index (χ4v) is 4.35. The van der Waals surface area contributed by atoms with Crippen LogP contribution in [-0.2, 0) is 11.3 Å². The number of aromatic nitrogens is 4. The maximum absolute atomic E-state index is 14.2. The third kappa shape index (κ3) is 5.86. The molecule has 1 aromatic carbocycles. The molecule has 8 nitrogen and oxygen atoms in total. The topological polar surface area (TPSA) is 76.8 Å². The van der Waals surface area contributed by atoms with Crippen molar-refractivity contribution in [3.05, 3.63) is 71.7 Å². The summed E-state index contributed by atoms with van der Waals surface area (Å²) in [5.74, 6) is -0.490. The highest BCUT2D eigenvalue weighted by molar-refractivity contribution is 5.78. The minimum absolute atomic E-state index is 0.127. The molecule has 1 saturated heterocycles. The molecule has 0 spiro atoms. The van der Waals surface area contributed by atoms with Gasteiger partial charge in [-0.05, 0) is 24.1 Å². The molecule has 0 radical (unpaired) electrons. The molecular formula is C27H30F2N6O2. The van der Waals surface area contributed by atoms with Crippen molar-refractivity contribution in [1.29, 1.82) is 0 Å². The molecular weight excluding hydrogens is 478 g/mol. The maximum atomic E-state index is 14.2. The molecule has 1 N–H and O–H groups in total.